The summed E-state index contributed by atoms with van der Waals surface area (Å²) in [7, 11) is 0. The van der Waals surface area contributed by atoms with Gasteiger partial charge in [-0.25, -0.2) is 0 Å². The molecule has 4 atom stereocenters. The Labute approximate surface area is 228 Å². The molecule has 4 heteroatoms. The maximum absolute atomic E-state index is 12.2. The lowest BCUT2D eigenvalue weighted by Crippen LogP contribution is -2.54. The van der Waals surface area contributed by atoms with Gasteiger partial charge in [0.25, 0.3) is 0 Å². The van der Waals surface area contributed by atoms with Gasteiger partial charge in [-0.3, -0.25) is 4.79 Å². The van der Waals surface area contributed by atoms with E-state index >= 15 is 0 Å². The molecule has 0 N–H and O–H groups in total. The van der Waals surface area contributed by atoms with Crippen molar-refractivity contribution < 1.29 is 19.0 Å². The molecule has 4 nitrogen and oxygen atoms in total. The molecule has 0 radical (unpaired) electrons. The lowest BCUT2D eigenvalue weighted by molar-refractivity contribution is -0.166. The topological polar surface area (TPSA) is 44.8 Å². The van der Waals surface area contributed by atoms with Gasteiger partial charge in [-0.1, -0.05) is 41.5 Å². The lowest BCUT2D eigenvalue weighted by atomic mass is 9.42. The molecular weight excluding hydrogens is 460 g/mol. The zero-order valence-electron chi connectivity index (χ0n) is 25.5. The minimum atomic E-state index is -0.00643. The Hall–Kier alpha value is -0.610. The maximum Gasteiger partial charge on any atom is 0.308 e. The third-order valence-electron chi connectivity index (χ3n) is 10.8. The second-order valence-electron chi connectivity index (χ2n) is 16.0. The number of hydrogen-bond donors (Lipinski definition) is 0. The summed E-state index contributed by atoms with van der Waals surface area (Å²) in [6.07, 6.45) is 15.6. The average Bonchev–Trinajstić information content (AvgIpc) is 2.77. The van der Waals surface area contributed by atoms with Crippen molar-refractivity contribution in [2.24, 2.45) is 39.4 Å². The lowest BCUT2D eigenvalue weighted by Gasteiger charge is -2.63. The molecule has 5 fully saturated rings. The molecule has 4 bridgehead atoms. The van der Waals surface area contributed by atoms with Gasteiger partial charge in [-0.2, -0.15) is 0 Å². The Balaban J connectivity index is 1.39. The van der Waals surface area contributed by atoms with E-state index in [0.717, 1.165) is 44.1 Å². The van der Waals surface area contributed by atoms with Crippen molar-refractivity contribution >= 4 is 5.97 Å². The summed E-state index contributed by atoms with van der Waals surface area (Å²) in [4.78, 5) is 12.2. The number of hydrogen-bond acceptors (Lipinski definition) is 4. The Morgan fingerprint density at radius 1 is 0.892 bits per heavy atom. The molecule has 4 unspecified atom stereocenters. The summed E-state index contributed by atoms with van der Waals surface area (Å²) in [6, 6.07) is 0. The fourth-order valence-corrected chi connectivity index (χ4v) is 8.76. The van der Waals surface area contributed by atoms with E-state index in [1.165, 1.54) is 51.4 Å². The molecule has 5 aliphatic carbocycles. The van der Waals surface area contributed by atoms with Gasteiger partial charge < -0.3 is 14.2 Å². The van der Waals surface area contributed by atoms with Crippen LogP contribution in [0.15, 0.2) is 0 Å². The van der Waals surface area contributed by atoms with Crippen LogP contribution >= 0.6 is 0 Å². The summed E-state index contributed by atoms with van der Waals surface area (Å²) < 4.78 is 18.7. The highest BCUT2D eigenvalue weighted by Gasteiger charge is 2.58. The van der Waals surface area contributed by atoms with E-state index in [9.17, 15) is 4.79 Å². The number of carbonyl (C=O) groups is 1. The molecule has 0 heterocycles. The van der Waals surface area contributed by atoms with Crippen molar-refractivity contribution in [2.45, 2.75) is 151 Å². The van der Waals surface area contributed by atoms with Crippen LogP contribution in [-0.4, -0.2) is 37.5 Å². The molecule has 5 rings (SSSR count). The summed E-state index contributed by atoms with van der Waals surface area (Å²) in [5.74, 6) is 1.87. The molecule has 0 aromatic heterocycles. The molecule has 0 saturated heterocycles. The van der Waals surface area contributed by atoms with Crippen molar-refractivity contribution in [1.29, 1.82) is 0 Å². The van der Waals surface area contributed by atoms with Gasteiger partial charge in [0.1, 0.15) is 0 Å². The Morgan fingerprint density at radius 2 is 1.49 bits per heavy atom. The van der Waals surface area contributed by atoms with Crippen molar-refractivity contribution in [1.82, 2.24) is 0 Å². The first-order valence-electron chi connectivity index (χ1n) is 15.7. The van der Waals surface area contributed by atoms with Gasteiger partial charge in [0.05, 0.1) is 30.8 Å². The van der Waals surface area contributed by atoms with Crippen LogP contribution in [0.2, 0.25) is 0 Å². The average molecular weight is 519 g/mol. The highest BCUT2D eigenvalue weighted by atomic mass is 16.5. The third kappa shape index (κ3) is 7.13. The van der Waals surface area contributed by atoms with Crippen LogP contribution in [0, 0.1) is 39.4 Å². The van der Waals surface area contributed by atoms with Gasteiger partial charge in [-0.15, -0.1) is 0 Å². The van der Waals surface area contributed by atoms with Crippen molar-refractivity contribution in [3.8, 4) is 0 Å². The molecular formula is C33H58O4. The maximum atomic E-state index is 12.2. The highest BCUT2D eigenvalue weighted by Crippen LogP contribution is 2.68. The molecule has 0 spiro atoms. The highest BCUT2D eigenvalue weighted by molar-refractivity contribution is 5.72. The van der Waals surface area contributed by atoms with E-state index < -0.39 is 0 Å². The number of rotatable bonds is 10. The molecule has 0 amide bonds. The van der Waals surface area contributed by atoms with Crippen LogP contribution in [-0.2, 0) is 19.0 Å². The molecule has 0 aromatic carbocycles. The Morgan fingerprint density at radius 3 is 2.03 bits per heavy atom. The van der Waals surface area contributed by atoms with E-state index in [4.69, 9.17) is 14.2 Å². The van der Waals surface area contributed by atoms with Crippen LogP contribution in [0.3, 0.4) is 0 Å². The van der Waals surface area contributed by atoms with Crippen molar-refractivity contribution in [3.05, 3.63) is 0 Å². The van der Waals surface area contributed by atoms with Crippen LogP contribution < -0.4 is 0 Å². The van der Waals surface area contributed by atoms with Gasteiger partial charge in [0.15, 0.2) is 0 Å². The summed E-state index contributed by atoms with van der Waals surface area (Å²) in [5, 5.41) is 0. The van der Waals surface area contributed by atoms with E-state index in [0.29, 0.717) is 23.5 Å². The number of esters is 1. The standard InChI is InChI=1S/C33H58O4/c1-9-35-29(34)26-10-12-27(13-11-26)37-28(31(6,7)8)21-33-19-24-16-25(20-33)18-32(17-24,22-33)14-15-36-23(2)30(3,4)5/h23-28H,9-22H2,1-8H3. The summed E-state index contributed by atoms with van der Waals surface area (Å²) >= 11 is 0. The first kappa shape index (κ1) is 29.4. The van der Waals surface area contributed by atoms with Gasteiger partial charge in [0, 0.05) is 6.61 Å². The fourth-order valence-electron chi connectivity index (χ4n) is 8.76. The fraction of sp³-hybridized carbons (Fsp3) is 0.970. The Bertz CT molecular complexity index is 752. The van der Waals surface area contributed by atoms with E-state index in [-0.39, 0.29) is 34.9 Å². The zero-order chi connectivity index (χ0) is 27.1. The predicted octanol–water partition coefficient (Wildman–Crippen LogP) is 8.36. The molecule has 214 valence electrons. The first-order chi connectivity index (χ1) is 17.2. The quantitative estimate of drug-likeness (QED) is 0.273. The third-order valence-corrected chi connectivity index (χ3v) is 10.8. The van der Waals surface area contributed by atoms with Gasteiger partial charge in [0.2, 0.25) is 0 Å². The van der Waals surface area contributed by atoms with Gasteiger partial charge in [-0.05, 0) is 124 Å². The second kappa shape index (κ2) is 11.1. The molecule has 37 heavy (non-hydrogen) atoms. The minimum absolute atomic E-state index is 0.00643. The van der Waals surface area contributed by atoms with Gasteiger partial charge >= 0.3 is 5.97 Å². The number of ether oxygens (including phenoxy) is 3. The predicted molar refractivity (Wildman–Crippen MR) is 150 cm³/mol. The first-order valence-corrected chi connectivity index (χ1v) is 15.7. The van der Waals surface area contributed by atoms with Crippen molar-refractivity contribution in [3.63, 3.8) is 0 Å². The smallest absolute Gasteiger partial charge is 0.308 e. The zero-order valence-corrected chi connectivity index (χ0v) is 25.5. The number of carbonyl (C=O) groups excluding carboxylic acids is 1. The van der Waals surface area contributed by atoms with E-state index in [1.54, 1.807) is 0 Å². The SMILES string of the molecule is CCOC(=O)C1CCC(OC(CC23CC4CC(CC(CCOC(C)C(C)(C)C)(C4)C2)C3)C(C)(C)C)CC1. The van der Waals surface area contributed by atoms with Crippen LogP contribution in [0.25, 0.3) is 0 Å². The van der Waals surface area contributed by atoms with E-state index in [1.807, 2.05) is 6.92 Å². The van der Waals surface area contributed by atoms with Crippen LogP contribution in [0.1, 0.15) is 132 Å². The Kier molecular flexibility index (Phi) is 8.82. The molecule has 5 aliphatic rings. The monoisotopic (exact) mass is 518 g/mol. The summed E-state index contributed by atoms with van der Waals surface area (Å²) in [6.45, 7) is 19.5. The summed E-state index contributed by atoms with van der Waals surface area (Å²) in [5.41, 5.74) is 1.26. The second-order valence-corrected chi connectivity index (χ2v) is 16.0. The van der Waals surface area contributed by atoms with E-state index in [2.05, 4.69) is 48.5 Å². The normalized spacial score (nSPS) is 37.4. The molecule has 5 saturated carbocycles. The molecule has 0 aliphatic heterocycles. The van der Waals surface area contributed by atoms with Crippen LogP contribution in [0.4, 0.5) is 0 Å². The van der Waals surface area contributed by atoms with Crippen molar-refractivity contribution in [2.75, 3.05) is 13.2 Å². The largest absolute Gasteiger partial charge is 0.466 e. The molecule has 0 aromatic rings. The minimum Gasteiger partial charge on any atom is -0.466 e. The van der Waals surface area contributed by atoms with Crippen LogP contribution in [0.5, 0.6) is 0 Å².